The molecule has 0 aliphatic rings. The molecule has 0 unspecified atom stereocenters. The highest BCUT2D eigenvalue weighted by atomic mass is 35.5. The number of nitrogens with two attached hydrogens (primary N) is 1. The van der Waals surface area contributed by atoms with Gasteiger partial charge in [0, 0.05) is 19.2 Å². The van der Waals surface area contributed by atoms with Crippen LogP contribution in [0.5, 0.6) is 0 Å². The van der Waals surface area contributed by atoms with Crippen molar-refractivity contribution >= 4 is 23.2 Å². The average Bonchev–Trinajstić information content (AvgIpc) is 2.59. The maximum atomic E-state index is 5.90. The molecule has 84 valence electrons. The van der Waals surface area contributed by atoms with Crippen molar-refractivity contribution in [1.82, 2.24) is 19.7 Å². The maximum Gasteiger partial charge on any atom is 0.148 e. The van der Waals surface area contributed by atoms with E-state index in [2.05, 4.69) is 20.4 Å². The molecule has 0 spiro atoms. The van der Waals surface area contributed by atoms with Gasteiger partial charge < -0.3 is 11.1 Å². The lowest BCUT2D eigenvalue weighted by molar-refractivity contribution is 0.778. The summed E-state index contributed by atoms with van der Waals surface area (Å²) in [4.78, 5) is 7.80. The lowest BCUT2D eigenvalue weighted by Crippen LogP contribution is -2.05. The zero-order valence-corrected chi connectivity index (χ0v) is 9.44. The van der Waals surface area contributed by atoms with Crippen molar-refractivity contribution in [3.8, 4) is 0 Å². The third-order valence-electron chi connectivity index (χ3n) is 2.18. The van der Waals surface area contributed by atoms with Crippen molar-refractivity contribution in [3.63, 3.8) is 0 Å². The van der Waals surface area contributed by atoms with E-state index in [1.54, 1.807) is 17.9 Å². The van der Waals surface area contributed by atoms with Crippen LogP contribution in [-0.4, -0.2) is 19.7 Å². The predicted molar refractivity (Wildman–Crippen MR) is 62.0 cm³/mol. The highest BCUT2D eigenvalue weighted by Crippen LogP contribution is 2.18. The van der Waals surface area contributed by atoms with Crippen molar-refractivity contribution in [2.45, 2.75) is 6.54 Å². The quantitative estimate of drug-likeness (QED) is 0.836. The minimum Gasteiger partial charge on any atom is -0.384 e. The summed E-state index contributed by atoms with van der Waals surface area (Å²) in [7, 11) is 1.79. The second kappa shape index (κ2) is 4.36. The Morgan fingerprint density at radius 3 is 2.94 bits per heavy atom. The zero-order valence-electron chi connectivity index (χ0n) is 8.68. The van der Waals surface area contributed by atoms with E-state index >= 15 is 0 Å². The van der Waals surface area contributed by atoms with Crippen LogP contribution in [0.2, 0.25) is 5.02 Å². The van der Waals surface area contributed by atoms with E-state index in [9.17, 15) is 0 Å². The molecule has 2 rings (SSSR count). The second-order valence-electron chi connectivity index (χ2n) is 3.25. The standard InChI is InChI=1S/C9H11ClN6/c1-16-8(11)6(3-15-16)2-13-9-7(10)4-12-5-14-9/h3-5H,2,11H2,1H3,(H,12,13,14). The molecule has 7 heteroatoms. The molecule has 2 aromatic rings. The molecular weight excluding hydrogens is 228 g/mol. The predicted octanol–water partition coefficient (Wildman–Crippen LogP) is 1.06. The average molecular weight is 239 g/mol. The summed E-state index contributed by atoms with van der Waals surface area (Å²) in [5, 5.41) is 7.58. The number of hydrogen-bond donors (Lipinski definition) is 2. The lowest BCUT2D eigenvalue weighted by atomic mass is 10.3. The molecule has 0 aliphatic carbocycles. The topological polar surface area (TPSA) is 81.7 Å². The Labute approximate surface area is 97.5 Å². The van der Waals surface area contributed by atoms with Gasteiger partial charge >= 0.3 is 0 Å². The first-order valence-corrected chi connectivity index (χ1v) is 5.02. The van der Waals surface area contributed by atoms with Crippen LogP contribution < -0.4 is 11.1 Å². The number of nitrogen functional groups attached to an aromatic ring is 1. The molecule has 2 aromatic heterocycles. The van der Waals surface area contributed by atoms with Crippen LogP contribution in [0.4, 0.5) is 11.6 Å². The Bertz CT molecular complexity index is 494. The molecule has 0 aliphatic heterocycles. The summed E-state index contributed by atoms with van der Waals surface area (Å²) in [6, 6.07) is 0. The zero-order chi connectivity index (χ0) is 11.5. The van der Waals surface area contributed by atoms with Gasteiger partial charge in [-0.05, 0) is 0 Å². The number of aryl methyl sites for hydroxylation is 1. The van der Waals surface area contributed by atoms with Gasteiger partial charge in [0.1, 0.15) is 23.0 Å². The van der Waals surface area contributed by atoms with Gasteiger partial charge in [0.05, 0.1) is 12.4 Å². The molecule has 2 heterocycles. The van der Waals surface area contributed by atoms with Crippen LogP contribution in [0.15, 0.2) is 18.7 Å². The molecule has 0 fully saturated rings. The van der Waals surface area contributed by atoms with E-state index in [0.717, 1.165) is 5.56 Å². The van der Waals surface area contributed by atoms with Crippen LogP contribution in [0.25, 0.3) is 0 Å². The van der Waals surface area contributed by atoms with Crippen LogP contribution in [0, 0.1) is 0 Å². The minimum atomic E-state index is 0.477. The van der Waals surface area contributed by atoms with Crippen molar-refractivity contribution in [2.75, 3.05) is 11.1 Å². The van der Waals surface area contributed by atoms with Crippen LogP contribution in [0.3, 0.4) is 0 Å². The molecule has 0 amide bonds. The van der Waals surface area contributed by atoms with Gasteiger partial charge in [-0.3, -0.25) is 4.68 Å². The molecule has 0 radical (unpaired) electrons. The molecule has 0 saturated heterocycles. The highest BCUT2D eigenvalue weighted by Gasteiger charge is 2.06. The first kappa shape index (κ1) is 10.7. The molecule has 0 bridgehead atoms. The summed E-state index contributed by atoms with van der Waals surface area (Å²) >= 11 is 5.90. The van der Waals surface area contributed by atoms with Gasteiger partial charge in [-0.1, -0.05) is 11.6 Å². The van der Waals surface area contributed by atoms with Crippen LogP contribution in [-0.2, 0) is 13.6 Å². The van der Waals surface area contributed by atoms with Gasteiger partial charge in [0.2, 0.25) is 0 Å². The van der Waals surface area contributed by atoms with E-state index < -0.39 is 0 Å². The number of aromatic nitrogens is 4. The SMILES string of the molecule is Cn1ncc(CNc2ncncc2Cl)c1N. The molecular formula is C9H11ClN6. The Hall–Kier alpha value is -1.82. The number of nitrogens with zero attached hydrogens (tertiary/aromatic N) is 4. The molecule has 16 heavy (non-hydrogen) atoms. The summed E-state index contributed by atoms with van der Waals surface area (Å²) in [6.07, 6.45) is 4.67. The largest absolute Gasteiger partial charge is 0.384 e. The third kappa shape index (κ3) is 2.06. The summed E-state index contributed by atoms with van der Waals surface area (Å²) in [5.74, 6) is 1.21. The highest BCUT2D eigenvalue weighted by molar-refractivity contribution is 6.32. The van der Waals surface area contributed by atoms with Crippen LogP contribution in [0.1, 0.15) is 5.56 Å². The second-order valence-corrected chi connectivity index (χ2v) is 3.66. The van der Waals surface area contributed by atoms with Gasteiger partial charge in [0.15, 0.2) is 0 Å². The van der Waals surface area contributed by atoms with Crippen molar-refractivity contribution in [1.29, 1.82) is 0 Å². The Balaban J connectivity index is 2.08. The Morgan fingerprint density at radius 2 is 2.31 bits per heavy atom. The van der Waals surface area contributed by atoms with Gasteiger partial charge in [0.25, 0.3) is 0 Å². The number of anilines is 2. The maximum absolute atomic E-state index is 5.90. The molecule has 6 nitrogen and oxygen atoms in total. The Kier molecular flexibility index (Phi) is 2.91. The van der Waals surface area contributed by atoms with Gasteiger partial charge in [-0.2, -0.15) is 5.10 Å². The van der Waals surface area contributed by atoms with Crippen molar-refractivity contribution in [2.24, 2.45) is 7.05 Å². The smallest absolute Gasteiger partial charge is 0.148 e. The number of nitrogens with one attached hydrogen (secondary N) is 1. The fraction of sp³-hybridized carbons (Fsp3) is 0.222. The van der Waals surface area contributed by atoms with Crippen LogP contribution >= 0.6 is 11.6 Å². The third-order valence-corrected chi connectivity index (χ3v) is 2.45. The monoisotopic (exact) mass is 238 g/mol. The molecule has 3 N–H and O–H groups in total. The van der Waals surface area contributed by atoms with Crippen molar-refractivity contribution in [3.05, 3.63) is 29.3 Å². The lowest BCUT2D eigenvalue weighted by Gasteiger charge is -2.05. The first-order chi connectivity index (χ1) is 7.68. The number of rotatable bonds is 3. The summed E-state index contributed by atoms with van der Waals surface area (Å²) < 4.78 is 1.61. The van der Waals surface area contributed by atoms with E-state index in [1.165, 1.54) is 12.5 Å². The fourth-order valence-corrected chi connectivity index (χ4v) is 1.42. The van der Waals surface area contributed by atoms with Crippen molar-refractivity contribution < 1.29 is 0 Å². The Morgan fingerprint density at radius 1 is 1.50 bits per heavy atom. The summed E-state index contributed by atoms with van der Waals surface area (Å²) in [6.45, 7) is 0.524. The fourth-order valence-electron chi connectivity index (χ4n) is 1.25. The van der Waals surface area contributed by atoms with Gasteiger partial charge in [-0.15, -0.1) is 0 Å². The van der Waals surface area contributed by atoms with Gasteiger partial charge in [-0.25, -0.2) is 9.97 Å². The first-order valence-electron chi connectivity index (χ1n) is 4.64. The summed E-state index contributed by atoms with van der Waals surface area (Å²) in [5.41, 5.74) is 6.70. The van der Waals surface area contributed by atoms with E-state index in [1.807, 2.05) is 0 Å². The van der Waals surface area contributed by atoms with E-state index in [0.29, 0.717) is 23.2 Å². The minimum absolute atomic E-state index is 0.477. The number of hydrogen-bond acceptors (Lipinski definition) is 5. The van der Waals surface area contributed by atoms with E-state index in [4.69, 9.17) is 17.3 Å². The molecule has 0 saturated carbocycles. The normalized spacial score (nSPS) is 10.4. The van der Waals surface area contributed by atoms with E-state index in [-0.39, 0.29) is 0 Å². The molecule has 0 atom stereocenters. The molecule has 0 aromatic carbocycles. The number of halogens is 1.